The number of rotatable bonds is 3. The van der Waals surface area contributed by atoms with Crippen molar-refractivity contribution < 1.29 is 17.5 Å². The number of hydrogen-bond acceptors (Lipinski definition) is 3. The van der Waals surface area contributed by atoms with Gasteiger partial charge in [-0.3, -0.25) is 0 Å². The van der Waals surface area contributed by atoms with Crippen molar-refractivity contribution in [1.82, 2.24) is 4.31 Å². The lowest BCUT2D eigenvalue weighted by Gasteiger charge is -2.34. The molecule has 1 aromatic carbocycles. The monoisotopic (exact) mass is 355 g/mol. The van der Waals surface area contributed by atoms with Crippen LogP contribution in [0.4, 0.5) is 4.39 Å². The Labute approximate surface area is 133 Å². The van der Waals surface area contributed by atoms with Crippen LogP contribution in [0.15, 0.2) is 17.0 Å². The normalized spacial score (nSPS) is 24.2. The van der Waals surface area contributed by atoms with Gasteiger partial charge in [0, 0.05) is 23.7 Å². The molecule has 1 aliphatic heterocycles. The van der Waals surface area contributed by atoms with Crippen LogP contribution in [0.2, 0.25) is 5.02 Å². The predicted octanol–water partition coefficient (Wildman–Crippen LogP) is 3.02. The molecular formula is C13H16Cl2FNO3S. The Morgan fingerprint density at radius 2 is 1.90 bits per heavy atom. The lowest BCUT2D eigenvalue weighted by atomic mass is 10.2. The Hall–Kier alpha value is -0.400. The van der Waals surface area contributed by atoms with Crippen LogP contribution >= 0.6 is 23.2 Å². The fraction of sp³-hybridized carbons (Fsp3) is 0.538. The van der Waals surface area contributed by atoms with Crippen LogP contribution in [0.1, 0.15) is 19.4 Å². The van der Waals surface area contributed by atoms with Crippen molar-refractivity contribution in [3.8, 4) is 0 Å². The third-order valence-electron chi connectivity index (χ3n) is 3.23. The molecule has 2 rings (SSSR count). The molecule has 1 aliphatic rings. The first kappa shape index (κ1) is 17.0. The van der Waals surface area contributed by atoms with E-state index in [1.807, 2.05) is 0 Å². The Balaban J connectivity index is 2.47. The van der Waals surface area contributed by atoms with Crippen molar-refractivity contribution in [2.75, 3.05) is 13.1 Å². The van der Waals surface area contributed by atoms with Gasteiger partial charge in [0.25, 0.3) is 0 Å². The molecule has 0 spiro atoms. The molecule has 0 N–H and O–H groups in total. The molecule has 2 atom stereocenters. The molecule has 1 saturated heterocycles. The molecule has 1 aromatic rings. The summed E-state index contributed by atoms with van der Waals surface area (Å²) in [7, 11) is -3.98. The van der Waals surface area contributed by atoms with Gasteiger partial charge in [-0.05, 0) is 26.0 Å². The van der Waals surface area contributed by atoms with Gasteiger partial charge in [-0.15, -0.1) is 11.6 Å². The molecule has 118 valence electrons. The molecule has 0 amide bonds. The largest absolute Gasteiger partial charge is 0.373 e. The van der Waals surface area contributed by atoms with E-state index in [0.717, 1.165) is 6.07 Å². The van der Waals surface area contributed by atoms with Gasteiger partial charge in [0.05, 0.1) is 18.1 Å². The van der Waals surface area contributed by atoms with E-state index in [-0.39, 0.29) is 41.8 Å². The van der Waals surface area contributed by atoms with E-state index in [4.69, 9.17) is 27.9 Å². The average molecular weight is 356 g/mol. The van der Waals surface area contributed by atoms with Gasteiger partial charge in [-0.1, -0.05) is 11.6 Å². The van der Waals surface area contributed by atoms with Gasteiger partial charge >= 0.3 is 0 Å². The zero-order valence-electron chi connectivity index (χ0n) is 11.6. The van der Waals surface area contributed by atoms with Crippen molar-refractivity contribution in [2.24, 2.45) is 0 Å². The van der Waals surface area contributed by atoms with Gasteiger partial charge in [0.2, 0.25) is 10.0 Å². The number of morpholine rings is 1. The number of benzene rings is 1. The number of sulfonamides is 1. The predicted molar refractivity (Wildman–Crippen MR) is 79.7 cm³/mol. The van der Waals surface area contributed by atoms with Crippen molar-refractivity contribution >= 4 is 33.2 Å². The van der Waals surface area contributed by atoms with E-state index in [2.05, 4.69) is 0 Å². The van der Waals surface area contributed by atoms with Crippen LogP contribution in [0, 0.1) is 5.82 Å². The second kappa shape index (κ2) is 6.38. The van der Waals surface area contributed by atoms with Crippen LogP contribution in [-0.2, 0) is 20.6 Å². The first-order valence-corrected chi connectivity index (χ1v) is 8.80. The van der Waals surface area contributed by atoms with Gasteiger partial charge in [-0.2, -0.15) is 4.31 Å². The number of alkyl halides is 1. The highest BCUT2D eigenvalue weighted by Gasteiger charge is 2.34. The molecule has 0 aliphatic carbocycles. The van der Waals surface area contributed by atoms with E-state index in [9.17, 15) is 12.8 Å². The van der Waals surface area contributed by atoms with E-state index in [1.165, 1.54) is 10.4 Å². The Bertz CT molecular complexity index is 629. The molecule has 1 heterocycles. The fourth-order valence-corrected chi connectivity index (χ4v) is 4.59. The van der Waals surface area contributed by atoms with Crippen LogP contribution in [0.3, 0.4) is 0 Å². The average Bonchev–Trinajstić information content (AvgIpc) is 2.39. The molecule has 21 heavy (non-hydrogen) atoms. The first-order valence-electron chi connectivity index (χ1n) is 6.45. The van der Waals surface area contributed by atoms with E-state index in [1.54, 1.807) is 13.8 Å². The second-order valence-corrected chi connectivity index (χ2v) is 7.70. The summed E-state index contributed by atoms with van der Waals surface area (Å²) in [6, 6.07) is 2.44. The molecule has 2 unspecified atom stereocenters. The topological polar surface area (TPSA) is 46.6 Å². The van der Waals surface area contributed by atoms with Gasteiger partial charge in [0.15, 0.2) is 0 Å². The van der Waals surface area contributed by atoms with Crippen molar-refractivity contribution in [3.63, 3.8) is 0 Å². The minimum atomic E-state index is -3.98. The number of nitrogens with zero attached hydrogens (tertiary/aromatic N) is 1. The zero-order chi connectivity index (χ0) is 15.8. The summed E-state index contributed by atoms with van der Waals surface area (Å²) < 4.78 is 46.3. The standard InChI is InChI=1S/C13H16Cl2FNO3S/c1-8-6-17(7-9(2)20-8)21(18,19)12-4-11(15)3-10(5-14)13(12)16/h3-4,8-9H,5-7H2,1-2H3. The number of ether oxygens (including phenoxy) is 1. The summed E-state index contributed by atoms with van der Waals surface area (Å²) in [6.07, 6.45) is -0.503. The molecular weight excluding hydrogens is 340 g/mol. The van der Waals surface area contributed by atoms with Crippen molar-refractivity contribution in [3.05, 3.63) is 28.5 Å². The summed E-state index contributed by atoms with van der Waals surface area (Å²) in [4.78, 5) is -0.438. The maximum absolute atomic E-state index is 14.3. The van der Waals surface area contributed by atoms with Crippen LogP contribution in [0.25, 0.3) is 0 Å². The molecule has 4 nitrogen and oxygen atoms in total. The summed E-state index contributed by atoms with van der Waals surface area (Å²) >= 11 is 11.5. The zero-order valence-corrected chi connectivity index (χ0v) is 14.0. The minimum Gasteiger partial charge on any atom is -0.373 e. The quantitative estimate of drug-likeness (QED) is 0.783. The lowest BCUT2D eigenvalue weighted by molar-refractivity contribution is -0.0441. The smallest absolute Gasteiger partial charge is 0.246 e. The number of hydrogen-bond donors (Lipinski definition) is 0. The lowest BCUT2D eigenvalue weighted by Crippen LogP contribution is -2.48. The highest BCUT2D eigenvalue weighted by Crippen LogP contribution is 2.28. The third-order valence-corrected chi connectivity index (χ3v) is 5.56. The van der Waals surface area contributed by atoms with Crippen LogP contribution < -0.4 is 0 Å². The number of halogens is 3. The van der Waals surface area contributed by atoms with Gasteiger partial charge in [-0.25, -0.2) is 12.8 Å². The van der Waals surface area contributed by atoms with E-state index < -0.39 is 20.7 Å². The van der Waals surface area contributed by atoms with Gasteiger partial charge < -0.3 is 4.74 Å². The Morgan fingerprint density at radius 1 is 1.33 bits per heavy atom. The maximum atomic E-state index is 14.3. The second-order valence-electron chi connectivity index (χ2n) is 5.09. The van der Waals surface area contributed by atoms with Crippen LogP contribution in [0.5, 0.6) is 0 Å². The summed E-state index contributed by atoms with van der Waals surface area (Å²) in [5, 5.41) is 0.139. The SMILES string of the molecule is CC1CN(S(=O)(=O)c2cc(Cl)cc(CCl)c2F)CC(C)O1. The Kier molecular flexibility index (Phi) is 5.15. The summed E-state index contributed by atoms with van der Waals surface area (Å²) in [6.45, 7) is 3.90. The molecule has 8 heteroatoms. The third kappa shape index (κ3) is 3.51. The highest BCUT2D eigenvalue weighted by atomic mass is 35.5. The fourth-order valence-electron chi connectivity index (χ4n) is 2.37. The highest BCUT2D eigenvalue weighted by molar-refractivity contribution is 7.89. The molecule has 0 aromatic heterocycles. The maximum Gasteiger partial charge on any atom is 0.246 e. The molecule has 1 fully saturated rings. The first-order chi connectivity index (χ1) is 9.75. The van der Waals surface area contributed by atoms with Crippen molar-refractivity contribution in [1.29, 1.82) is 0 Å². The molecule has 0 saturated carbocycles. The van der Waals surface area contributed by atoms with Crippen molar-refractivity contribution in [2.45, 2.75) is 36.8 Å². The minimum absolute atomic E-state index is 0.0668. The van der Waals surface area contributed by atoms with E-state index in [0.29, 0.717) is 0 Å². The van der Waals surface area contributed by atoms with Gasteiger partial charge in [0.1, 0.15) is 10.7 Å². The molecule has 0 bridgehead atoms. The van der Waals surface area contributed by atoms with Crippen LogP contribution in [-0.4, -0.2) is 38.0 Å². The molecule has 0 radical (unpaired) electrons. The Morgan fingerprint density at radius 3 is 2.43 bits per heavy atom. The summed E-state index contributed by atoms with van der Waals surface area (Å²) in [5.74, 6) is -0.994. The van der Waals surface area contributed by atoms with E-state index >= 15 is 0 Å². The summed E-state index contributed by atoms with van der Waals surface area (Å²) in [5.41, 5.74) is 0.0668.